The van der Waals surface area contributed by atoms with Gasteiger partial charge in [-0.3, -0.25) is 0 Å². The van der Waals surface area contributed by atoms with Crippen LogP contribution in [0.3, 0.4) is 0 Å². The molecule has 0 saturated carbocycles. The summed E-state index contributed by atoms with van der Waals surface area (Å²) in [6.45, 7) is 6.94. The molecular formula is C9H17NO2. The van der Waals surface area contributed by atoms with Gasteiger partial charge in [0.25, 0.3) is 0 Å². The SMILES string of the molecule is CC1(C)OCC(C2CCNC2)O1. The van der Waals surface area contributed by atoms with E-state index in [0.29, 0.717) is 12.0 Å². The third-order valence-electron chi connectivity index (χ3n) is 2.65. The maximum atomic E-state index is 5.77. The first-order valence-corrected chi connectivity index (χ1v) is 4.70. The minimum absolute atomic E-state index is 0.315. The van der Waals surface area contributed by atoms with Gasteiger partial charge in [-0.05, 0) is 26.8 Å². The topological polar surface area (TPSA) is 30.5 Å². The minimum Gasteiger partial charge on any atom is -0.348 e. The number of hydrogen-bond donors (Lipinski definition) is 1. The summed E-state index contributed by atoms with van der Waals surface area (Å²) in [6, 6.07) is 0. The van der Waals surface area contributed by atoms with Crippen molar-refractivity contribution in [1.29, 1.82) is 0 Å². The van der Waals surface area contributed by atoms with E-state index in [0.717, 1.165) is 19.7 Å². The fourth-order valence-electron chi connectivity index (χ4n) is 1.94. The van der Waals surface area contributed by atoms with Gasteiger partial charge in [-0.25, -0.2) is 0 Å². The predicted molar refractivity (Wildman–Crippen MR) is 45.9 cm³/mol. The Labute approximate surface area is 73.4 Å². The van der Waals surface area contributed by atoms with E-state index in [-0.39, 0.29) is 5.79 Å². The van der Waals surface area contributed by atoms with Gasteiger partial charge in [-0.15, -0.1) is 0 Å². The monoisotopic (exact) mass is 171 g/mol. The van der Waals surface area contributed by atoms with Crippen LogP contribution in [-0.2, 0) is 9.47 Å². The van der Waals surface area contributed by atoms with Gasteiger partial charge in [-0.2, -0.15) is 0 Å². The first-order valence-electron chi connectivity index (χ1n) is 4.70. The molecule has 3 heteroatoms. The molecule has 0 bridgehead atoms. The summed E-state index contributed by atoms with van der Waals surface area (Å²) in [7, 11) is 0. The molecule has 0 aliphatic carbocycles. The Bertz CT molecular complexity index is 164. The van der Waals surface area contributed by atoms with Crippen molar-refractivity contribution in [3.05, 3.63) is 0 Å². The molecule has 70 valence electrons. The molecule has 2 saturated heterocycles. The Hall–Kier alpha value is -0.120. The van der Waals surface area contributed by atoms with E-state index in [1.54, 1.807) is 0 Å². The predicted octanol–water partition coefficient (Wildman–Crippen LogP) is 0.747. The van der Waals surface area contributed by atoms with Gasteiger partial charge in [0.05, 0.1) is 12.7 Å². The highest BCUT2D eigenvalue weighted by Gasteiger charge is 2.37. The van der Waals surface area contributed by atoms with E-state index in [9.17, 15) is 0 Å². The van der Waals surface area contributed by atoms with Crippen molar-refractivity contribution in [2.75, 3.05) is 19.7 Å². The van der Waals surface area contributed by atoms with Crippen molar-refractivity contribution in [2.45, 2.75) is 32.2 Å². The lowest BCUT2D eigenvalue weighted by Gasteiger charge is -2.19. The van der Waals surface area contributed by atoms with Gasteiger partial charge >= 0.3 is 0 Å². The third kappa shape index (κ3) is 1.63. The molecule has 2 atom stereocenters. The average molecular weight is 171 g/mol. The van der Waals surface area contributed by atoms with E-state index in [1.165, 1.54) is 6.42 Å². The molecule has 0 amide bonds. The molecule has 0 aromatic carbocycles. The lowest BCUT2D eigenvalue weighted by molar-refractivity contribution is -0.143. The molecule has 2 heterocycles. The lowest BCUT2D eigenvalue weighted by Crippen LogP contribution is -2.27. The Morgan fingerprint density at radius 3 is 2.75 bits per heavy atom. The van der Waals surface area contributed by atoms with Gasteiger partial charge < -0.3 is 14.8 Å². The van der Waals surface area contributed by atoms with Crippen LogP contribution in [0, 0.1) is 5.92 Å². The molecule has 0 aromatic rings. The van der Waals surface area contributed by atoms with E-state index in [2.05, 4.69) is 5.32 Å². The molecule has 12 heavy (non-hydrogen) atoms. The highest BCUT2D eigenvalue weighted by Crippen LogP contribution is 2.29. The fourth-order valence-corrected chi connectivity index (χ4v) is 1.94. The smallest absolute Gasteiger partial charge is 0.163 e. The Balaban J connectivity index is 1.90. The Morgan fingerprint density at radius 1 is 1.42 bits per heavy atom. The second kappa shape index (κ2) is 2.98. The largest absolute Gasteiger partial charge is 0.348 e. The van der Waals surface area contributed by atoms with Crippen LogP contribution in [0.5, 0.6) is 0 Å². The van der Waals surface area contributed by atoms with Crippen molar-refractivity contribution in [3.63, 3.8) is 0 Å². The summed E-state index contributed by atoms with van der Waals surface area (Å²) >= 11 is 0. The van der Waals surface area contributed by atoms with Crippen LogP contribution >= 0.6 is 0 Å². The van der Waals surface area contributed by atoms with Gasteiger partial charge in [0.2, 0.25) is 0 Å². The summed E-state index contributed by atoms with van der Waals surface area (Å²) in [5.74, 6) is 0.305. The second-order valence-corrected chi connectivity index (χ2v) is 4.12. The van der Waals surface area contributed by atoms with Crippen LogP contribution in [0.2, 0.25) is 0 Å². The molecule has 2 rings (SSSR count). The maximum Gasteiger partial charge on any atom is 0.163 e. The van der Waals surface area contributed by atoms with E-state index >= 15 is 0 Å². The van der Waals surface area contributed by atoms with Crippen molar-refractivity contribution in [2.24, 2.45) is 5.92 Å². The minimum atomic E-state index is -0.354. The van der Waals surface area contributed by atoms with Crippen molar-refractivity contribution < 1.29 is 9.47 Å². The molecule has 3 nitrogen and oxygen atoms in total. The molecule has 1 N–H and O–H groups in total. The highest BCUT2D eigenvalue weighted by molar-refractivity contribution is 4.83. The van der Waals surface area contributed by atoms with Crippen LogP contribution in [0.15, 0.2) is 0 Å². The molecule has 2 unspecified atom stereocenters. The second-order valence-electron chi connectivity index (χ2n) is 4.12. The van der Waals surface area contributed by atoms with Crippen LogP contribution in [-0.4, -0.2) is 31.6 Å². The van der Waals surface area contributed by atoms with Crippen molar-refractivity contribution in [1.82, 2.24) is 5.32 Å². The summed E-state index contributed by atoms with van der Waals surface area (Å²) in [4.78, 5) is 0. The first-order chi connectivity index (χ1) is 5.67. The molecule has 0 aromatic heterocycles. The summed E-state index contributed by atoms with van der Waals surface area (Å²) in [5.41, 5.74) is 0. The average Bonchev–Trinajstić information content (AvgIpc) is 2.55. The Morgan fingerprint density at radius 2 is 2.25 bits per heavy atom. The Kier molecular flexibility index (Phi) is 2.10. The zero-order valence-electron chi connectivity index (χ0n) is 7.80. The van der Waals surface area contributed by atoms with Gasteiger partial charge in [0.15, 0.2) is 5.79 Å². The normalized spacial score (nSPS) is 40.5. The summed E-state index contributed by atoms with van der Waals surface area (Å²) in [6.07, 6.45) is 1.54. The standard InChI is InChI=1S/C9H17NO2/c1-9(2)11-6-8(12-9)7-3-4-10-5-7/h7-8,10H,3-6H2,1-2H3. The quantitative estimate of drug-likeness (QED) is 0.631. The molecule has 2 fully saturated rings. The van der Waals surface area contributed by atoms with Gasteiger partial charge in [0.1, 0.15) is 0 Å². The van der Waals surface area contributed by atoms with Crippen LogP contribution in [0.1, 0.15) is 20.3 Å². The third-order valence-corrected chi connectivity index (χ3v) is 2.65. The zero-order chi connectivity index (χ0) is 8.60. The number of rotatable bonds is 1. The van der Waals surface area contributed by atoms with Crippen molar-refractivity contribution in [3.8, 4) is 0 Å². The molecule has 2 aliphatic rings. The number of nitrogens with one attached hydrogen (secondary N) is 1. The lowest BCUT2D eigenvalue weighted by atomic mass is 10.0. The summed E-state index contributed by atoms with van der Waals surface area (Å²) < 4.78 is 11.3. The van der Waals surface area contributed by atoms with Crippen LogP contribution < -0.4 is 5.32 Å². The highest BCUT2D eigenvalue weighted by atomic mass is 16.7. The molecule has 2 aliphatic heterocycles. The van der Waals surface area contributed by atoms with Crippen LogP contribution in [0.25, 0.3) is 0 Å². The van der Waals surface area contributed by atoms with Gasteiger partial charge in [0, 0.05) is 12.5 Å². The first kappa shape index (κ1) is 8.48. The van der Waals surface area contributed by atoms with Gasteiger partial charge in [-0.1, -0.05) is 0 Å². The van der Waals surface area contributed by atoms with E-state index < -0.39 is 0 Å². The molecule has 0 radical (unpaired) electrons. The maximum absolute atomic E-state index is 5.77. The summed E-state index contributed by atoms with van der Waals surface area (Å²) in [5, 5.41) is 3.34. The van der Waals surface area contributed by atoms with Crippen LogP contribution in [0.4, 0.5) is 0 Å². The van der Waals surface area contributed by atoms with E-state index in [1.807, 2.05) is 13.8 Å². The fraction of sp³-hybridized carbons (Fsp3) is 1.00. The number of ether oxygens (including phenoxy) is 2. The molecular weight excluding hydrogens is 154 g/mol. The number of hydrogen-bond acceptors (Lipinski definition) is 3. The van der Waals surface area contributed by atoms with Crippen molar-refractivity contribution >= 4 is 0 Å². The zero-order valence-corrected chi connectivity index (χ0v) is 7.80. The molecule has 0 spiro atoms. The van der Waals surface area contributed by atoms with E-state index in [4.69, 9.17) is 9.47 Å².